The number of aromatic nitrogens is 2. The van der Waals surface area contributed by atoms with Crippen LogP contribution in [0.4, 0.5) is 10.8 Å². The molecule has 0 bridgehead atoms. The summed E-state index contributed by atoms with van der Waals surface area (Å²) in [6, 6.07) is 11.0. The predicted molar refractivity (Wildman–Crippen MR) is 101 cm³/mol. The number of hydrogen-bond acceptors (Lipinski definition) is 8. The fourth-order valence-electron chi connectivity index (χ4n) is 1.81. The maximum atomic E-state index is 12.1. The van der Waals surface area contributed by atoms with E-state index >= 15 is 0 Å². The minimum Gasteiger partial charge on any atom is -0.497 e. The van der Waals surface area contributed by atoms with Gasteiger partial charge in [-0.15, -0.1) is 21.5 Å². The number of ether oxygens (including phenoxy) is 1. The number of nitrogens with one attached hydrogen (secondary N) is 1. The topological polar surface area (TPSA) is 64.1 Å². The van der Waals surface area contributed by atoms with Crippen molar-refractivity contribution in [1.82, 2.24) is 10.2 Å². The number of hydrogen-bond donors (Lipinski definition) is 1. The molecule has 0 fully saturated rings. The summed E-state index contributed by atoms with van der Waals surface area (Å²) in [7, 11) is 1.62. The first-order valence-corrected chi connectivity index (χ1v) is 9.79. The van der Waals surface area contributed by atoms with Crippen LogP contribution in [0.5, 0.6) is 5.75 Å². The van der Waals surface area contributed by atoms with Crippen LogP contribution in [0.3, 0.4) is 0 Å². The van der Waals surface area contributed by atoms with E-state index in [9.17, 15) is 4.79 Å². The van der Waals surface area contributed by atoms with Gasteiger partial charge in [0.2, 0.25) is 5.13 Å². The average molecular weight is 398 g/mol. The molecule has 5 nitrogen and oxygen atoms in total. The highest BCUT2D eigenvalue weighted by atomic mass is 35.5. The van der Waals surface area contributed by atoms with Crippen molar-refractivity contribution in [2.24, 2.45) is 0 Å². The number of rotatable bonds is 7. The molecule has 124 valence electrons. The monoisotopic (exact) mass is 397 g/mol. The third-order valence-corrected chi connectivity index (χ3v) is 6.15. The van der Waals surface area contributed by atoms with E-state index in [1.54, 1.807) is 19.2 Å². The zero-order valence-electron chi connectivity index (χ0n) is 12.5. The van der Waals surface area contributed by atoms with Crippen molar-refractivity contribution in [1.29, 1.82) is 0 Å². The van der Waals surface area contributed by atoms with Crippen LogP contribution in [0.15, 0.2) is 40.7 Å². The van der Waals surface area contributed by atoms with Crippen LogP contribution in [0, 0.1) is 0 Å². The van der Waals surface area contributed by atoms with Gasteiger partial charge in [-0.25, -0.2) is 0 Å². The quantitative estimate of drug-likeness (QED) is 0.448. The lowest BCUT2D eigenvalue weighted by Crippen LogP contribution is -1.98. The summed E-state index contributed by atoms with van der Waals surface area (Å²) in [5, 5.41) is 12.0. The standard InChI is InChI=1S/C15H12ClN3O2S3/c1-21-10-4-2-3-9(7-10)17-14-18-19-15(24-14)22-8-11(20)12-5-6-13(16)23-12/h2-7H,8H2,1H3,(H,17,18). The number of Topliss-reactive ketones (excluding diaryl/α,β-unsaturated/α-hetero) is 1. The van der Waals surface area contributed by atoms with Crippen LogP contribution in [0.25, 0.3) is 0 Å². The second kappa shape index (κ2) is 7.98. The molecule has 9 heteroatoms. The molecule has 0 spiro atoms. The van der Waals surface area contributed by atoms with Gasteiger partial charge in [0.25, 0.3) is 0 Å². The van der Waals surface area contributed by atoms with E-state index in [1.807, 2.05) is 24.3 Å². The number of ketones is 1. The van der Waals surface area contributed by atoms with Gasteiger partial charge in [-0.3, -0.25) is 4.79 Å². The Morgan fingerprint density at radius 3 is 2.92 bits per heavy atom. The van der Waals surface area contributed by atoms with Gasteiger partial charge in [-0.05, 0) is 24.3 Å². The van der Waals surface area contributed by atoms with Crippen molar-refractivity contribution < 1.29 is 9.53 Å². The van der Waals surface area contributed by atoms with Gasteiger partial charge in [0.1, 0.15) is 5.75 Å². The lowest BCUT2D eigenvalue weighted by molar-refractivity contribution is 0.102. The lowest BCUT2D eigenvalue weighted by Gasteiger charge is -2.04. The second-order valence-corrected chi connectivity index (χ2v) is 8.46. The number of carbonyl (C=O) groups excluding carboxylic acids is 1. The highest BCUT2D eigenvalue weighted by molar-refractivity contribution is 8.01. The number of anilines is 2. The molecule has 0 radical (unpaired) electrons. The number of nitrogens with zero attached hydrogens (tertiary/aromatic N) is 2. The second-order valence-electron chi connectivity index (χ2n) is 4.55. The van der Waals surface area contributed by atoms with E-state index in [1.165, 1.54) is 34.4 Å². The van der Waals surface area contributed by atoms with Crippen molar-refractivity contribution in [2.75, 3.05) is 18.2 Å². The fourth-order valence-corrected chi connectivity index (χ4v) is 4.53. The molecule has 1 N–H and O–H groups in total. The molecule has 24 heavy (non-hydrogen) atoms. The first-order chi connectivity index (χ1) is 11.6. The van der Waals surface area contributed by atoms with Gasteiger partial charge >= 0.3 is 0 Å². The summed E-state index contributed by atoms with van der Waals surface area (Å²) in [5.74, 6) is 1.11. The largest absolute Gasteiger partial charge is 0.497 e. The van der Waals surface area contributed by atoms with Crippen LogP contribution in [-0.2, 0) is 0 Å². The number of thioether (sulfide) groups is 1. The molecule has 0 aliphatic heterocycles. The zero-order chi connectivity index (χ0) is 16.9. The number of benzene rings is 1. The summed E-state index contributed by atoms with van der Waals surface area (Å²) in [6.07, 6.45) is 0. The van der Waals surface area contributed by atoms with E-state index in [0.717, 1.165) is 15.8 Å². The number of halogens is 1. The van der Waals surface area contributed by atoms with E-state index < -0.39 is 0 Å². The molecular formula is C15H12ClN3O2S3. The Balaban J connectivity index is 1.58. The van der Waals surface area contributed by atoms with Crippen LogP contribution >= 0.6 is 46.0 Å². The molecule has 0 saturated heterocycles. The van der Waals surface area contributed by atoms with Gasteiger partial charge in [-0.2, -0.15) is 0 Å². The molecule has 2 aromatic heterocycles. The zero-order valence-corrected chi connectivity index (χ0v) is 15.7. The maximum Gasteiger partial charge on any atom is 0.210 e. The van der Waals surface area contributed by atoms with Crippen LogP contribution in [-0.4, -0.2) is 28.8 Å². The first-order valence-electron chi connectivity index (χ1n) is 6.80. The molecule has 0 amide bonds. The minimum absolute atomic E-state index is 0.0365. The molecule has 0 atom stereocenters. The Kier molecular flexibility index (Phi) is 5.72. The van der Waals surface area contributed by atoms with Crippen LogP contribution in [0.2, 0.25) is 4.34 Å². The molecular weight excluding hydrogens is 386 g/mol. The Bertz CT molecular complexity index is 850. The van der Waals surface area contributed by atoms with Gasteiger partial charge in [0.05, 0.1) is 22.1 Å². The summed E-state index contributed by atoms with van der Waals surface area (Å²) in [6.45, 7) is 0. The molecule has 3 rings (SSSR count). The molecule has 0 aliphatic carbocycles. The van der Waals surface area contributed by atoms with E-state index in [4.69, 9.17) is 16.3 Å². The summed E-state index contributed by atoms with van der Waals surface area (Å²) >= 11 is 9.90. The Hall–Kier alpha value is -1.61. The van der Waals surface area contributed by atoms with Gasteiger partial charge < -0.3 is 10.1 Å². The first kappa shape index (κ1) is 17.2. The Morgan fingerprint density at radius 2 is 2.17 bits per heavy atom. The van der Waals surface area contributed by atoms with E-state index in [2.05, 4.69) is 15.5 Å². The third-order valence-electron chi connectivity index (χ3n) is 2.90. The number of methoxy groups -OCH3 is 1. The molecule has 2 heterocycles. The molecule has 0 unspecified atom stereocenters. The smallest absolute Gasteiger partial charge is 0.210 e. The lowest BCUT2D eigenvalue weighted by atomic mass is 10.3. The van der Waals surface area contributed by atoms with Gasteiger partial charge in [0, 0.05) is 11.8 Å². The fraction of sp³-hybridized carbons (Fsp3) is 0.133. The summed E-state index contributed by atoms with van der Waals surface area (Å²) in [5.41, 5.74) is 0.867. The third kappa shape index (κ3) is 4.47. The predicted octanol–water partition coefficient (Wildman–Crippen LogP) is 4.98. The minimum atomic E-state index is 0.0365. The Labute approximate surface area is 156 Å². The van der Waals surface area contributed by atoms with Gasteiger partial charge in [-0.1, -0.05) is 40.8 Å². The Morgan fingerprint density at radius 1 is 1.29 bits per heavy atom. The highest BCUT2D eigenvalue weighted by Gasteiger charge is 2.12. The van der Waals surface area contributed by atoms with Crippen LogP contribution < -0.4 is 10.1 Å². The highest BCUT2D eigenvalue weighted by Crippen LogP contribution is 2.30. The number of thiophene rings is 1. The van der Waals surface area contributed by atoms with Crippen molar-refractivity contribution in [2.45, 2.75) is 4.34 Å². The van der Waals surface area contributed by atoms with Crippen molar-refractivity contribution >= 4 is 62.6 Å². The number of carbonyl (C=O) groups is 1. The molecule has 1 aromatic carbocycles. The normalized spacial score (nSPS) is 10.6. The van der Waals surface area contributed by atoms with E-state index in [-0.39, 0.29) is 5.78 Å². The van der Waals surface area contributed by atoms with Crippen molar-refractivity contribution in [3.63, 3.8) is 0 Å². The van der Waals surface area contributed by atoms with Crippen molar-refractivity contribution in [3.05, 3.63) is 45.6 Å². The molecule has 3 aromatic rings. The summed E-state index contributed by atoms with van der Waals surface area (Å²) < 4.78 is 6.53. The average Bonchev–Trinajstić information content (AvgIpc) is 3.22. The SMILES string of the molecule is COc1cccc(Nc2nnc(SCC(=O)c3ccc(Cl)s3)s2)c1. The molecule has 0 aliphatic rings. The van der Waals surface area contributed by atoms with E-state index in [0.29, 0.717) is 20.1 Å². The van der Waals surface area contributed by atoms with Crippen molar-refractivity contribution in [3.8, 4) is 5.75 Å². The molecule has 0 saturated carbocycles. The van der Waals surface area contributed by atoms with Crippen LogP contribution in [0.1, 0.15) is 9.67 Å². The maximum absolute atomic E-state index is 12.1. The summed E-state index contributed by atoms with van der Waals surface area (Å²) in [4.78, 5) is 12.7. The van der Waals surface area contributed by atoms with Gasteiger partial charge in [0.15, 0.2) is 10.1 Å².